The molecular weight excluding hydrogens is 320 g/mol. The summed E-state index contributed by atoms with van der Waals surface area (Å²) in [6, 6.07) is 0. The minimum atomic E-state index is -0.353. The fourth-order valence-corrected chi connectivity index (χ4v) is 4.64. The van der Waals surface area contributed by atoms with E-state index in [9.17, 15) is 5.11 Å². The van der Waals surface area contributed by atoms with E-state index in [2.05, 4.69) is 38.7 Å². The van der Waals surface area contributed by atoms with Crippen molar-refractivity contribution in [2.75, 3.05) is 0 Å². The molecule has 0 aromatic rings. The molecule has 1 saturated carbocycles. The third-order valence-electron chi connectivity index (χ3n) is 5.90. The molecule has 26 heavy (non-hydrogen) atoms. The normalized spacial score (nSPS) is 36.0. The maximum atomic E-state index is 11.1. The molecule has 0 amide bonds. The van der Waals surface area contributed by atoms with Gasteiger partial charge in [0.05, 0.1) is 12.4 Å². The van der Waals surface area contributed by atoms with Crippen molar-refractivity contribution in [2.45, 2.75) is 65.6 Å². The predicted octanol–water partition coefficient (Wildman–Crippen LogP) is 5.97. The highest BCUT2D eigenvalue weighted by Crippen LogP contribution is 2.45. The molecule has 2 aliphatic rings. The average molecular weight is 357 g/mol. The molecule has 2 heteroatoms. The van der Waals surface area contributed by atoms with Gasteiger partial charge in [0, 0.05) is 5.92 Å². The van der Waals surface area contributed by atoms with Gasteiger partial charge in [0.25, 0.3) is 0 Å². The molecular formula is C24H36O2. The van der Waals surface area contributed by atoms with E-state index in [0.717, 1.165) is 25.7 Å². The van der Waals surface area contributed by atoms with Gasteiger partial charge in [-0.15, -0.1) is 0 Å². The lowest BCUT2D eigenvalue weighted by Crippen LogP contribution is -2.46. The summed E-state index contributed by atoms with van der Waals surface area (Å²) in [5.74, 6) is 1.22. The van der Waals surface area contributed by atoms with E-state index < -0.39 is 0 Å². The average Bonchev–Trinajstić information content (AvgIpc) is 2.59. The summed E-state index contributed by atoms with van der Waals surface area (Å²) < 4.78 is 6.12. The van der Waals surface area contributed by atoms with E-state index in [1.54, 1.807) is 6.26 Å². The summed E-state index contributed by atoms with van der Waals surface area (Å²) in [6.07, 6.45) is 18.2. The van der Waals surface area contributed by atoms with Crippen LogP contribution in [-0.4, -0.2) is 17.3 Å². The second-order valence-corrected chi connectivity index (χ2v) is 8.01. The Morgan fingerprint density at radius 3 is 2.65 bits per heavy atom. The van der Waals surface area contributed by atoms with Crippen molar-refractivity contribution < 1.29 is 9.84 Å². The van der Waals surface area contributed by atoms with Crippen LogP contribution in [0, 0.1) is 23.7 Å². The van der Waals surface area contributed by atoms with Crippen molar-refractivity contribution in [1.82, 2.24) is 0 Å². The summed E-state index contributed by atoms with van der Waals surface area (Å²) >= 11 is 0. The third-order valence-corrected chi connectivity index (χ3v) is 5.90. The van der Waals surface area contributed by atoms with Crippen molar-refractivity contribution in [3.8, 4) is 0 Å². The van der Waals surface area contributed by atoms with Crippen molar-refractivity contribution in [3.05, 3.63) is 60.4 Å². The van der Waals surface area contributed by atoms with Gasteiger partial charge in [0.1, 0.15) is 6.10 Å². The van der Waals surface area contributed by atoms with Crippen LogP contribution in [0.5, 0.6) is 0 Å². The second kappa shape index (κ2) is 9.97. The smallest absolute Gasteiger partial charge is 0.104 e. The molecule has 1 fully saturated rings. The van der Waals surface area contributed by atoms with Crippen LogP contribution in [0.3, 0.4) is 0 Å². The number of hydrogen-bond donors (Lipinski definition) is 1. The first-order valence-corrected chi connectivity index (χ1v) is 10.0. The molecule has 0 radical (unpaired) electrons. The van der Waals surface area contributed by atoms with Crippen molar-refractivity contribution in [3.63, 3.8) is 0 Å². The monoisotopic (exact) mass is 356 g/mol. The molecule has 0 heterocycles. The van der Waals surface area contributed by atoms with E-state index in [1.165, 1.54) is 11.1 Å². The van der Waals surface area contributed by atoms with Crippen LogP contribution < -0.4 is 0 Å². The summed E-state index contributed by atoms with van der Waals surface area (Å²) in [7, 11) is 0. The number of ether oxygens (including phenoxy) is 1. The molecule has 0 aromatic heterocycles. The lowest BCUT2D eigenvalue weighted by Gasteiger charge is -2.45. The van der Waals surface area contributed by atoms with Gasteiger partial charge in [0.15, 0.2) is 0 Å². The first-order chi connectivity index (χ1) is 12.5. The Morgan fingerprint density at radius 1 is 1.23 bits per heavy atom. The predicted molar refractivity (Wildman–Crippen MR) is 111 cm³/mol. The summed E-state index contributed by atoms with van der Waals surface area (Å²) in [5.41, 5.74) is 2.66. The van der Waals surface area contributed by atoms with Crippen LogP contribution in [-0.2, 0) is 4.74 Å². The highest BCUT2D eigenvalue weighted by atomic mass is 16.5. The number of allylic oxidation sites excluding steroid dienone is 8. The topological polar surface area (TPSA) is 29.5 Å². The highest BCUT2D eigenvalue weighted by molar-refractivity contribution is 5.18. The lowest BCUT2D eigenvalue weighted by molar-refractivity contribution is -0.0688. The van der Waals surface area contributed by atoms with Gasteiger partial charge < -0.3 is 9.84 Å². The van der Waals surface area contributed by atoms with Crippen LogP contribution >= 0.6 is 0 Å². The van der Waals surface area contributed by atoms with Crippen LogP contribution in [0.4, 0.5) is 0 Å². The van der Waals surface area contributed by atoms with E-state index in [4.69, 9.17) is 4.74 Å². The zero-order chi connectivity index (χ0) is 19.1. The Hall–Kier alpha value is -1.54. The van der Waals surface area contributed by atoms with Gasteiger partial charge >= 0.3 is 0 Å². The molecule has 0 bridgehead atoms. The van der Waals surface area contributed by atoms with Gasteiger partial charge in [-0.05, 0) is 71.1 Å². The fraction of sp³-hybridized carbons (Fsp3) is 0.583. The summed E-state index contributed by atoms with van der Waals surface area (Å²) in [6.45, 7) is 12.6. The Balaban J connectivity index is 2.28. The van der Waals surface area contributed by atoms with Crippen molar-refractivity contribution >= 4 is 0 Å². The van der Waals surface area contributed by atoms with Crippen LogP contribution in [0.25, 0.3) is 0 Å². The molecule has 2 aliphatic carbocycles. The van der Waals surface area contributed by atoms with E-state index in [1.807, 2.05) is 32.1 Å². The molecule has 144 valence electrons. The van der Waals surface area contributed by atoms with Crippen LogP contribution in [0.15, 0.2) is 60.4 Å². The molecule has 1 N–H and O–H groups in total. The number of rotatable bonds is 6. The SMILES string of the molecule is C=C(C)C1CCC(C)=CC1C1C(O)CC(C=CC=CC)CC1OC=CC. The standard InChI is InChI=1S/C24H36O2/c1-6-8-9-10-19-15-22(25)24(23(16-19)26-13-7-2)21-14-18(5)11-12-20(21)17(3)4/h6-10,13-14,19-25H,3,11-12,15-16H2,1-2,4-5H3. The Bertz CT molecular complexity index is 581. The van der Waals surface area contributed by atoms with Crippen molar-refractivity contribution in [1.29, 1.82) is 0 Å². The number of aliphatic hydroxyl groups excluding tert-OH is 1. The maximum Gasteiger partial charge on any atom is 0.104 e. The van der Waals surface area contributed by atoms with Crippen LogP contribution in [0.2, 0.25) is 0 Å². The maximum absolute atomic E-state index is 11.1. The molecule has 0 saturated heterocycles. The van der Waals surface area contributed by atoms with Gasteiger partial charge in [0.2, 0.25) is 0 Å². The number of hydrogen-bond acceptors (Lipinski definition) is 2. The largest absolute Gasteiger partial charge is 0.498 e. The Labute approximate surface area is 160 Å². The summed E-state index contributed by atoms with van der Waals surface area (Å²) in [5, 5.41) is 11.1. The van der Waals surface area contributed by atoms with Gasteiger partial charge in [-0.25, -0.2) is 0 Å². The highest BCUT2D eigenvalue weighted by Gasteiger charge is 2.44. The first-order valence-electron chi connectivity index (χ1n) is 10.0. The molecule has 0 aromatic carbocycles. The Kier molecular flexibility index (Phi) is 7.96. The van der Waals surface area contributed by atoms with Gasteiger partial charge in [-0.2, -0.15) is 0 Å². The van der Waals surface area contributed by atoms with E-state index in [-0.39, 0.29) is 18.1 Å². The molecule has 0 spiro atoms. The van der Waals surface area contributed by atoms with Crippen LogP contribution in [0.1, 0.15) is 53.4 Å². The summed E-state index contributed by atoms with van der Waals surface area (Å²) in [4.78, 5) is 0. The molecule has 0 aliphatic heterocycles. The zero-order valence-electron chi connectivity index (χ0n) is 16.9. The molecule has 2 nitrogen and oxygen atoms in total. The Morgan fingerprint density at radius 2 is 2.00 bits per heavy atom. The number of aliphatic hydroxyl groups is 1. The zero-order valence-corrected chi connectivity index (χ0v) is 16.9. The molecule has 2 rings (SSSR count). The molecule has 6 atom stereocenters. The second-order valence-electron chi connectivity index (χ2n) is 8.01. The fourth-order valence-electron chi connectivity index (χ4n) is 4.64. The van der Waals surface area contributed by atoms with E-state index >= 15 is 0 Å². The minimum absolute atomic E-state index is 0.0317. The van der Waals surface area contributed by atoms with Gasteiger partial charge in [-0.3, -0.25) is 0 Å². The quantitative estimate of drug-likeness (QED) is 0.361. The first kappa shape index (κ1) is 20.8. The molecule has 6 unspecified atom stereocenters. The third kappa shape index (κ3) is 5.23. The lowest BCUT2D eigenvalue weighted by atomic mass is 9.64. The van der Waals surface area contributed by atoms with E-state index in [0.29, 0.717) is 17.8 Å². The van der Waals surface area contributed by atoms with Gasteiger partial charge in [-0.1, -0.05) is 54.2 Å². The minimum Gasteiger partial charge on any atom is -0.498 e. The van der Waals surface area contributed by atoms with Crippen molar-refractivity contribution in [2.24, 2.45) is 23.7 Å².